The maximum atomic E-state index is 6.08. The molecule has 0 radical (unpaired) electrons. The summed E-state index contributed by atoms with van der Waals surface area (Å²) < 4.78 is 7.14. The molecule has 1 atom stereocenters. The summed E-state index contributed by atoms with van der Waals surface area (Å²) in [6.45, 7) is 6.46. The van der Waals surface area contributed by atoms with Crippen LogP contribution in [-0.4, -0.2) is 13.2 Å². The Morgan fingerprint density at radius 1 is 1.29 bits per heavy atom. The molecule has 1 unspecified atom stereocenters. The summed E-state index contributed by atoms with van der Waals surface area (Å²) in [5.74, 6) is 0.981. The molecule has 96 valence electrons. The van der Waals surface area contributed by atoms with Gasteiger partial charge in [0.05, 0.1) is 6.10 Å². The molecular formula is C14H22BrNO. The molecule has 0 heterocycles. The minimum Gasteiger partial charge on any atom is -0.490 e. The van der Waals surface area contributed by atoms with E-state index in [0.717, 1.165) is 23.1 Å². The molecule has 0 aliphatic carbocycles. The first-order chi connectivity index (χ1) is 8.12. The van der Waals surface area contributed by atoms with Crippen LogP contribution < -0.4 is 10.1 Å². The summed E-state index contributed by atoms with van der Waals surface area (Å²) in [6.07, 6.45) is 2.37. The van der Waals surface area contributed by atoms with E-state index in [1.54, 1.807) is 0 Å². The molecule has 3 heteroatoms. The molecule has 0 amide bonds. The molecule has 0 saturated heterocycles. The van der Waals surface area contributed by atoms with Crippen LogP contribution in [0, 0.1) is 0 Å². The molecule has 0 spiro atoms. The molecule has 1 aromatic rings. The number of nitrogens with one attached hydrogen (secondary N) is 1. The molecule has 0 fully saturated rings. The van der Waals surface area contributed by atoms with Crippen molar-refractivity contribution in [3.8, 4) is 5.75 Å². The highest BCUT2D eigenvalue weighted by Gasteiger charge is 2.13. The third-order valence-corrected chi connectivity index (χ3v) is 3.57. The van der Waals surface area contributed by atoms with E-state index in [2.05, 4.69) is 60.2 Å². The van der Waals surface area contributed by atoms with Crippen LogP contribution in [0.1, 0.15) is 45.2 Å². The Morgan fingerprint density at radius 2 is 1.94 bits per heavy atom. The Hall–Kier alpha value is -0.540. The van der Waals surface area contributed by atoms with Gasteiger partial charge in [-0.3, -0.25) is 0 Å². The predicted molar refractivity (Wildman–Crippen MR) is 76.6 cm³/mol. The number of hydrogen-bond acceptors (Lipinski definition) is 2. The van der Waals surface area contributed by atoms with Crippen LogP contribution in [0.4, 0.5) is 0 Å². The maximum absolute atomic E-state index is 6.08. The number of ether oxygens (including phenoxy) is 1. The van der Waals surface area contributed by atoms with Crippen molar-refractivity contribution in [3.05, 3.63) is 28.2 Å². The monoisotopic (exact) mass is 299 g/mol. The van der Waals surface area contributed by atoms with Crippen molar-refractivity contribution in [2.24, 2.45) is 0 Å². The summed E-state index contributed by atoms with van der Waals surface area (Å²) >= 11 is 3.50. The second kappa shape index (κ2) is 7.02. The Kier molecular flexibility index (Phi) is 6.00. The fourth-order valence-electron chi connectivity index (χ4n) is 1.76. The molecule has 1 rings (SSSR count). The summed E-state index contributed by atoms with van der Waals surface area (Å²) in [4.78, 5) is 0. The van der Waals surface area contributed by atoms with Crippen LogP contribution in [-0.2, 0) is 0 Å². The zero-order valence-electron chi connectivity index (χ0n) is 11.1. The zero-order valence-corrected chi connectivity index (χ0v) is 12.7. The van der Waals surface area contributed by atoms with Gasteiger partial charge in [0, 0.05) is 16.1 Å². The van der Waals surface area contributed by atoms with Gasteiger partial charge in [-0.05, 0) is 38.9 Å². The van der Waals surface area contributed by atoms with Gasteiger partial charge in [0.25, 0.3) is 0 Å². The maximum Gasteiger partial charge on any atom is 0.125 e. The van der Waals surface area contributed by atoms with Gasteiger partial charge in [0.15, 0.2) is 0 Å². The quantitative estimate of drug-likeness (QED) is 0.846. The van der Waals surface area contributed by atoms with Gasteiger partial charge in [0.2, 0.25) is 0 Å². The van der Waals surface area contributed by atoms with Gasteiger partial charge in [-0.15, -0.1) is 0 Å². The summed E-state index contributed by atoms with van der Waals surface area (Å²) in [6, 6.07) is 6.53. The number of rotatable bonds is 6. The van der Waals surface area contributed by atoms with Crippen molar-refractivity contribution in [1.82, 2.24) is 5.32 Å². The number of hydrogen-bond donors (Lipinski definition) is 1. The first kappa shape index (κ1) is 14.5. The van der Waals surface area contributed by atoms with E-state index in [4.69, 9.17) is 4.74 Å². The van der Waals surface area contributed by atoms with E-state index in [1.807, 2.05) is 7.05 Å². The second-order valence-electron chi connectivity index (χ2n) is 4.25. The second-order valence-corrected chi connectivity index (χ2v) is 5.16. The van der Waals surface area contributed by atoms with E-state index < -0.39 is 0 Å². The molecule has 1 N–H and O–H groups in total. The van der Waals surface area contributed by atoms with Crippen molar-refractivity contribution in [1.29, 1.82) is 0 Å². The van der Waals surface area contributed by atoms with Crippen molar-refractivity contribution in [2.75, 3.05) is 7.05 Å². The molecule has 0 aliphatic rings. The Morgan fingerprint density at radius 3 is 2.47 bits per heavy atom. The van der Waals surface area contributed by atoms with Crippen molar-refractivity contribution in [2.45, 2.75) is 45.8 Å². The molecule has 1 aromatic carbocycles. The number of benzene rings is 1. The largest absolute Gasteiger partial charge is 0.490 e. The van der Waals surface area contributed by atoms with Gasteiger partial charge < -0.3 is 10.1 Å². The van der Waals surface area contributed by atoms with Crippen LogP contribution in [0.3, 0.4) is 0 Å². The molecule has 0 aliphatic heterocycles. The molecule has 0 bridgehead atoms. The molecule has 17 heavy (non-hydrogen) atoms. The average molecular weight is 300 g/mol. The Balaban J connectivity index is 2.98. The van der Waals surface area contributed by atoms with Crippen LogP contribution in [0.2, 0.25) is 0 Å². The highest BCUT2D eigenvalue weighted by molar-refractivity contribution is 9.10. The van der Waals surface area contributed by atoms with Gasteiger partial charge in [-0.2, -0.15) is 0 Å². The minimum absolute atomic E-state index is 0.298. The first-order valence-electron chi connectivity index (χ1n) is 6.25. The molecular weight excluding hydrogens is 278 g/mol. The van der Waals surface area contributed by atoms with Crippen LogP contribution in [0.25, 0.3) is 0 Å². The van der Waals surface area contributed by atoms with E-state index in [9.17, 15) is 0 Å². The zero-order chi connectivity index (χ0) is 12.8. The van der Waals surface area contributed by atoms with Crippen LogP contribution in [0.15, 0.2) is 22.7 Å². The summed E-state index contributed by atoms with van der Waals surface area (Å²) in [5.41, 5.74) is 1.21. The lowest BCUT2D eigenvalue weighted by molar-refractivity contribution is 0.189. The van der Waals surface area contributed by atoms with Crippen LogP contribution >= 0.6 is 15.9 Å². The predicted octanol–water partition coefficient (Wildman–Crippen LogP) is 4.30. The van der Waals surface area contributed by atoms with Crippen molar-refractivity contribution >= 4 is 15.9 Å². The average Bonchev–Trinajstić information content (AvgIpc) is 2.35. The summed E-state index contributed by atoms with van der Waals surface area (Å²) in [7, 11) is 1.97. The highest BCUT2D eigenvalue weighted by Crippen LogP contribution is 2.30. The normalized spacial score (nSPS) is 12.8. The van der Waals surface area contributed by atoms with E-state index >= 15 is 0 Å². The van der Waals surface area contributed by atoms with E-state index in [-0.39, 0.29) is 0 Å². The molecule has 2 nitrogen and oxygen atoms in total. The lowest BCUT2D eigenvalue weighted by atomic mass is 10.1. The summed E-state index contributed by atoms with van der Waals surface area (Å²) in [5, 5.41) is 3.26. The minimum atomic E-state index is 0.298. The van der Waals surface area contributed by atoms with Gasteiger partial charge in [0.1, 0.15) is 5.75 Å². The van der Waals surface area contributed by atoms with Gasteiger partial charge in [-0.25, -0.2) is 0 Å². The molecule has 0 aromatic heterocycles. The lowest BCUT2D eigenvalue weighted by Crippen LogP contribution is -2.18. The fraction of sp³-hybridized carbons (Fsp3) is 0.571. The standard InChI is InChI=1S/C14H22BrNO/c1-5-12(6-2)17-14-9-11(15)7-8-13(14)10(3)16-4/h7-10,12,16H,5-6H2,1-4H3. The third kappa shape index (κ3) is 4.00. The SMILES string of the molecule is CCC(CC)Oc1cc(Br)ccc1C(C)NC. The highest BCUT2D eigenvalue weighted by atomic mass is 79.9. The number of halogens is 1. The van der Waals surface area contributed by atoms with E-state index in [1.165, 1.54) is 5.56 Å². The van der Waals surface area contributed by atoms with Gasteiger partial charge in [-0.1, -0.05) is 35.8 Å². The third-order valence-electron chi connectivity index (χ3n) is 3.08. The Labute approximate surface area is 113 Å². The lowest BCUT2D eigenvalue weighted by Gasteiger charge is -2.21. The van der Waals surface area contributed by atoms with Crippen molar-refractivity contribution in [3.63, 3.8) is 0 Å². The fourth-order valence-corrected chi connectivity index (χ4v) is 2.10. The van der Waals surface area contributed by atoms with Crippen molar-refractivity contribution < 1.29 is 4.74 Å². The molecule has 0 saturated carbocycles. The van der Waals surface area contributed by atoms with Gasteiger partial charge >= 0.3 is 0 Å². The topological polar surface area (TPSA) is 21.3 Å². The first-order valence-corrected chi connectivity index (χ1v) is 7.05. The van der Waals surface area contributed by atoms with Crippen LogP contribution in [0.5, 0.6) is 5.75 Å². The van der Waals surface area contributed by atoms with E-state index in [0.29, 0.717) is 12.1 Å². The smallest absolute Gasteiger partial charge is 0.125 e. The Bertz CT molecular complexity index is 350.